The minimum Gasteiger partial charge on any atom is -0.329 e. The van der Waals surface area contributed by atoms with Crippen LogP contribution in [0.5, 0.6) is 0 Å². The van der Waals surface area contributed by atoms with Crippen molar-refractivity contribution in [2.75, 3.05) is 13.1 Å². The van der Waals surface area contributed by atoms with Crippen molar-refractivity contribution in [3.8, 4) is 0 Å². The summed E-state index contributed by atoms with van der Waals surface area (Å²) in [5, 5.41) is 3.19. The summed E-state index contributed by atoms with van der Waals surface area (Å²) >= 11 is 0. The third-order valence-electron chi connectivity index (χ3n) is 1.37. The van der Waals surface area contributed by atoms with E-state index in [0.29, 0.717) is 6.54 Å². The van der Waals surface area contributed by atoms with E-state index in [0.717, 1.165) is 13.1 Å². The summed E-state index contributed by atoms with van der Waals surface area (Å²) in [4.78, 5) is 0. The predicted octanol–water partition coefficient (Wildman–Crippen LogP) is 0.335. The summed E-state index contributed by atoms with van der Waals surface area (Å²) in [6.45, 7) is 2.41. The smallest absolute Gasteiger partial charge is 0.0212 e. The Hall–Kier alpha value is -1.04. The van der Waals surface area contributed by atoms with Gasteiger partial charge in [-0.15, -0.1) is 0 Å². The lowest BCUT2D eigenvalue weighted by Crippen LogP contribution is -2.21. The average Bonchev–Trinajstić information content (AvgIpc) is 2.07. The highest BCUT2D eigenvalue weighted by Crippen LogP contribution is 1.92. The summed E-state index contributed by atoms with van der Waals surface area (Å²) in [7, 11) is 0. The summed E-state index contributed by atoms with van der Waals surface area (Å²) in [5.74, 6) is 0. The molecule has 2 heteroatoms. The number of hydrogen-bond acceptors (Lipinski definition) is 2. The summed E-state index contributed by atoms with van der Waals surface area (Å²) in [6.07, 6.45) is 0. The maximum absolute atomic E-state index is 5.32. The zero-order valence-corrected chi connectivity index (χ0v) is 6.43. The maximum Gasteiger partial charge on any atom is 0.0212 e. The van der Waals surface area contributed by atoms with Gasteiger partial charge in [0.2, 0.25) is 0 Å². The van der Waals surface area contributed by atoms with Crippen molar-refractivity contribution < 1.29 is 0 Å². The van der Waals surface area contributed by atoms with Gasteiger partial charge in [0.1, 0.15) is 0 Å². The number of nitrogens with one attached hydrogen (secondary N) is 1. The first-order valence-corrected chi connectivity index (χ1v) is 3.71. The van der Waals surface area contributed by atoms with Crippen LogP contribution in [0.4, 0.5) is 0 Å². The van der Waals surface area contributed by atoms with Crippen molar-refractivity contribution in [3.05, 3.63) is 35.9 Å². The van der Waals surface area contributed by atoms with Gasteiger partial charge in [0.05, 0.1) is 0 Å². The molecule has 0 saturated heterocycles. The molecule has 3 N–H and O–H groups in total. The van der Waals surface area contributed by atoms with Crippen LogP contribution >= 0.6 is 0 Å². The summed E-state index contributed by atoms with van der Waals surface area (Å²) in [5.41, 5.74) is 6.54. The van der Waals surface area contributed by atoms with Crippen LogP contribution in [0.2, 0.25) is 0 Å². The molecule has 0 bridgehead atoms. The van der Waals surface area contributed by atoms with Crippen molar-refractivity contribution >= 4 is 0 Å². The standard InChI is InChI=1S/C9H12N2/c10-6-7-11-8-9-4-2-1-3-5-9/h2,4-5,11H,6-8,10H2. The average molecular weight is 148 g/mol. The molecule has 0 aliphatic carbocycles. The largest absolute Gasteiger partial charge is 0.329 e. The summed E-state index contributed by atoms with van der Waals surface area (Å²) in [6, 6.07) is 11.5. The Balaban J connectivity index is 2.28. The second-order valence-electron chi connectivity index (χ2n) is 2.31. The van der Waals surface area contributed by atoms with Gasteiger partial charge in [0.25, 0.3) is 0 Å². The van der Waals surface area contributed by atoms with Gasteiger partial charge in [0, 0.05) is 19.6 Å². The van der Waals surface area contributed by atoms with Crippen molar-refractivity contribution in [2.45, 2.75) is 6.54 Å². The highest BCUT2D eigenvalue weighted by molar-refractivity contribution is 5.09. The molecule has 1 aromatic rings. The number of nitrogens with two attached hydrogens (primary N) is 1. The zero-order chi connectivity index (χ0) is 7.94. The highest BCUT2D eigenvalue weighted by atomic mass is 14.9. The normalized spacial score (nSPS) is 9.18. The first-order chi connectivity index (χ1) is 5.43. The molecule has 0 aliphatic rings. The van der Waals surface area contributed by atoms with E-state index in [4.69, 9.17) is 5.73 Å². The number of rotatable bonds is 4. The first-order valence-electron chi connectivity index (χ1n) is 3.71. The van der Waals surface area contributed by atoms with E-state index >= 15 is 0 Å². The molecule has 0 saturated carbocycles. The van der Waals surface area contributed by atoms with Crippen LogP contribution in [-0.2, 0) is 6.54 Å². The quantitative estimate of drug-likeness (QED) is 0.604. The molecule has 58 valence electrons. The van der Waals surface area contributed by atoms with Crippen molar-refractivity contribution in [1.82, 2.24) is 5.32 Å². The van der Waals surface area contributed by atoms with Gasteiger partial charge in [-0.05, 0) is 23.8 Å². The van der Waals surface area contributed by atoms with Gasteiger partial charge in [-0.2, -0.15) is 0 Å². The fourth-order valence-corrected chi connectivity index (χ4v) is 0.824. The van der Waals surface area contributed by atoms with Crippen LogP contribution in [-0.4, -0.2) is 13.1 Å². The van der Waals surface area contributed by atoms with Crippen LogP contribution in [0.25, 0.3) is 0 Å². The molecular weight excluding hydrogens is 136 g/mol. The second-order valence-corrected chi connectivity index (χ2v) is 2.31. The van der Waals surface area contributed by atoms with Gasteiger partial charge in [-0.1, -0.05) is 12.1 Å². The monoisotopic (exact) mass is 148 g/mol. The number of hydrogen-bond donors (Lipinski definition) is 2. The lowest BCUT2D eigenvalue weighted by molar-refractivity contribution is 0.695. The predicted molar refractivity (Wildman–Crippen MR) is 44.9 cm³/mol. The Bertz CT molecular complexity index is 184. The molecule has 2 nitrogen and oxygen atoms in total. The molecule has 0 spiro atoms. The molecule has 0 heterocycles. The van der Waals surface area contributed by atoms with Crippen molar-refractivity contribution in [2.24, 2.45) is 5.73 Å². The SMILES string of the molecule is NCCNCc1cc#ccc1. The van der Waals surface area contributed by atoms with E-state index in [-0.39, 0.29) is 0 Å². The third-order valence-corrected chi connectivity index (χ3v) is 1.37. The third kappa shape index (κ3) is 3.03. The van der Waals surface area contributed by atoms with Crippen LogP contribution in [0.3, 0.4) is 0 Å². The van der Waals surface area contributed by atoms with Gasteiger partial charge in [-0.25, -0.2) is 0 Å². The van der Waals surface area contributed by atoms with Gasteiger partial charge in [0.15, 0.2) is 0 Å². The highest BCUT2D eigenvalue weighted by Gasteiger charge is 1.87. The van der Waals surface area contributed by atoms with E-state index in [1.807, 2.05) is 18.2 Å². The minimum absolute atomic E-state index is 0.683. The van der Waals surface area contributed by atoms with Gasteiger partial charge in [-0.3, -0.25) is 0 Å². The molecule has 1 aromatic carbocycles. The molecular formula is C9H12N2. The fraction of sp³-hybridized carbons (Fsp3) is 0.333. The Kier molecular flexibility index (Phi) is 3.46. The van der Waals surface area contributed by atoms with E-state index < -0.39 is 0 Å². The van der Waals surface area contributed by atoms with Crippen molar-refractivity contribution in [3.63, 3.8) is 0 Å². The zero-order valence-electron chi connectivity index (χ0n) is 6.43. The van der Waals surface area contributed by atoms with Crippen LogP contribution in [0, 0.1) is 12.1 Å². The molecule has 0 aliphatic heterocycles. The van der Waals surface area contributed by atoms with Crippen LogP contribution in [0.1, 0.15) is 5.56 Å². The molecule has 11 heavy (non-hydrogen) atoms. The molecule has 0 amide bonds. The van der Waals surface area contributed by atoms with E-state index in [1.54, 1.807) is 0 Å². The molecule has 0 radical (unpaired) electrons. The summed E-state index contributed by atoms with van der Waals surface area (Å²) < 4.78 is 0. The molecule has 0 unspecified atom stereocenters. The molecule has 0 fully saturated rings. The lowest BCUT2D eigenvalue weighted by atomic mass is 10.2. The van der Waals surface area contributed by atoms with E-state index in [9.17, 15) is 0 Å². The van der Waals surface area contributed by atoms with Crippen LogP contribution < -0.4 is 11.1 Å². The van der Waals surface area contributed by atoms with Crippen molar-refractivity contribution in [1.29, 1.82) is 0 Å². The minimum atomic E-state index is 0.683. The second kappa shape index (κ2) is 4.73. The van der Waals surface area contributed by atoms with Gasteiger partial charge < -0.3 is 11.1 Å². The Morgan fingerprint density at radius 2 is 2.36 bits per heavy atom. The fourth-order valence-electron chi connectivity index (χ4n) is 0.824. The lowest BCUT2D eigenvalue weighted by Gasteiger charge is -2.00. The molecule has 0 aromatic heterocycles. The first kappa shape index (κ1) is 8.06. The Labute approximate surface area is 67.4 Å². The van der Waals surface area contributed by atoms with E-state index in [2.05, 4.69) is 17.4 Å². The van der Waals surface area contributed by atoms with E-state index in [1.165, 1.54) is 5.56 Å². The molecule has 0 atom stereocenters. The maximum atomic E-state index is 5.32. The van der Waals surface area contributed by atoms with Gasteiger partial charge >= 0.3 is 0 Å². The van der Waals surface area contributed by atoms with Crippen LogP contribution in [0.15, 0.2) is 18.2 Å². The topological polar surface area (TPSA) is 38.0 Å². The Morgan fingerprint density at radius 3 is 3.00 bits per heavy atom. The molecule has 1 rings (SSSR count). The Morgan fingerprint density at radius 1 is 1.45 bits per heavy atom.